The first kappa shape index (κ1) is 16.7. The van der Waals surface area contributed by atoms with Gasteiger partial charge in [0.2, 0.25) is 0 Å². The minimum Gasteiger partial charge on any atom is -0.399 e. The molecule has 0 spiro atoms. The second-order valence-electron chi connectivity index (χ2n) is 5.80. The molecule has 0 aromatic heterocycles. The van der Waals surface area contributed by atoms with Gasteiger partial charge in [-0.2, -0.15) is 0 Å². The molecule has 124 valence electrons. The van der Waals surface area contributed by atoms with Crippen LogP contribution in [0.3, 0.4) is 0 Å². The molecule has 6 heteroatoms. The number of fused-ring (bicyclic) bond motifs is 1. The summed E-state index contributed by atoms with van der Waals surface area (Å²) < 4.78 is 0.738. The molecule has 0 radical (unpaired) electrons. The number of benzene rings is 2. The number of nitrogens with zero attached hydrogens (tertiary/aromatic N) is 1. The molecule has 1 aliphatic rings. The van der Waals surface area contributed by atoms with Gasteiger partial charge in [-0.25, -0.2) is 0 Å². The third kappa shape index (κ3) is 2.61. The largest absolute Gasteiger partial charge is 0.399 e. The molecular formula is C18H17BrN2O3. The average Bonchev–Trinajstić information content (AvgIpc) is 2.75. The number of amides is 1. The van der Waals surface area contributed by atoms with E-state index in [0.29, 0.717) is 29.0 Å². The summed E-state index contributed by atoms with van der Waals surface area (Å²) in [5.74, 6) is -0.808. The zero-order chi connectivity index (χ0) is 17.5. The topological polar surface area (TPSA) is 83.6 Å². The number of ketones is 1. The van der Waals surface area contributed by atoms with Crippen molar-refractivity contribution in [2.45, 2.75) is 18.9 Å². The number of hydrogen-bond donors (Lipinski definition) is 2. The summed E-state index contributed by atoms with van der Waals surface area (Å²) in [5, 5.41) is 11.1. The standard InChI is InChI=1S/C18H17BrN2O3/c1-2-21-15-7-6-12(19)9-14(15)18(24,17(21)23)10-16(22)11-4-3-5-13(20)8-11/h3-9,24H,2,10,20H2,1H3/t18-/m1/s1. The van der Waals surface area contributed by atoms with Crippen LogP contribution >= 0.6 is 15.9 Å². The van der Waals surface area contributed by atoms with Crippen LogP contribution in [0.25, 0.3) is 0 Å². The number of nitrogens with two attached hydrogens (primary N) is 1. The van der Waals surface area contributed by atoms with Crippen LogP contribution in [-0.2, 0) is 10.4 Å². The smallest absolute Gasteiger partial charge is 0.264 e. The van der Waals surface area contributed by atoms with Crippen molar-refractivity contribution in [3.05, 3.63) is 58.1 Å². The van der Waals surface area contributed by atoms with Gasteiger partial charge in [-0.3, -0.25) is 9.59 Å². The Morgan fingerprint density at radius 2 is 2.04 bits per heavy atom. The predicted octanol–water partition coefficient (Wildman–Crippen LogP) is 2.86. The Balaban J connectivity index is 2.02. The third-order valence-corrected chi connectivity index (χ3v) is 4.73. The molecule has 0 aliphatic carbocycles. The first-order chi connectivity index (χ1) is 11.4. The summed E-state index contributed by atoms with van der Waals surface area (Å²) in [6, 6.07) is 11.8. The second-order valence-corrected chi connectivity index (χ2v) is 6.71. The van der Waals surface area contributed by atoms with E-state index in [1.54, 1.807) is 42.5 Å². The number of likely N-dealkylation sites (N-methyl/N-ethyl adjacent to an activating group) is 1. The van der Waals surface area contributed by atoms with Crippen molar-refractivity contribution in [3.63, 3.8) is 0 Å². The van der Waals surface area contributed by atoms with Crippen LogP contribution in [0, 0.1) is 0 Å². The fourth-order valence-electron chi connectivity index (χ4n) is 3.05. The van der Waals surface area contributed by atoms with Crippen molar-refractivity contribution in [2.24, 2.45) is 0 Å². The van der Waals surface area contributed by atoms with Crippen LogP contribution in [0.2, 0.25) is 0 Å². The predicted molar refractivity (Wildman–Crippen MR) is 95.9 cm³/mol. The van der Waals surface area contributed by atoms with Gasteiger partial charge in [0, 0.05) is 27.8 Å². The maximum atomic E-state index is 12.7. The van der Waals surface area contributed by atoms with Gasteiger partial charge in [-0.05, 0) is 37.3 Å². The van der Waals surface area contributed by atoms with E-state index in [4.69, 9.17) is 5.73 Å². The van der Waals surface area contributed by atoms with Crippen molar-refractivity contribution in [1.82, 2.24) is 0 Å². The van der Waals surface area contributed by atoms with E-state index in [1.165, 1.54) is 4.90 Å². The summed E-state index contributed by atoms with van der Waals surface area (Å²) >= 11 is 3.36. The quantitative estimate of drug-likeness (QED) is 0.622. The number of aliphatic hydroxyl groups is 1. The van der Waals surface area contributed by atoms with Crippen molar-refractivity contribution in [2.75, 3.05) is 17.2 Å². The summed E-state index contributed by atoms with van der Waals surface area (Å²) in [6.45, 7) is 2.25. The molecule has 2 aromatic carbocycles. The molecule has 2 aromatic rings. The van der Waals surface area contributed by atoms with Gasteiger partial charge < -0.3 is 15.7 Å². The van der Waals surface area contributed by atoms with Crippen LogP contribution in [0.4, 0.5) is 11.4 Å². The summed E-state index contributed by atoms with van der Waals surface area (Å²) in [7, 11) is 0. The van der Waals surface area contributed by atoms with Gasteiger partial charge in [0.15, 0.2) is 11.4 Å². The molecule has 0 saturated heterocycles. The van der Waals surface area contributed by atoms with Crippen LogP contribution in [0.5, 0.6) is 0 Å². The summed E-state index contributed by atoms with van der Waals surface area (Å²) in [5.41, 5.74) is 5.76. The average molecular weight is 389 g/mol. The van der Waals surface area contributed by atoms with Crippen LogP contribution in [0.15, 0.2) is 46.9 Å². The summed E-state index contributed by atoms with van der Waals surface area (Å²) in [4.78, 5) is 26.8. The molecule has 3 N–H and O–H groups in total. The highest BCUT2D eigenvalue weighted by atomic mass is 79.9. The Labute approximate surface area is 148 Å². The molecule has 1 atom stereocenters. The molecule has 1 aliphatic heterocycles. The van der Waals surface area contributed by atoms with Crippen LogP contribution in [-0.4, -0.2) is 23.3 Å². The van der Waals surface area contributed by atoms with Gasteiger partial charge in [0.05, 0.1) is 12.1 Å². The van der Waals surface area contributed by atoms with Gasteiger partial charge in [0.1, 0.15) is 0 Å². The highest BCUT2D eigenvalue weighted by molar-refractivity contribution is 9.10. The number of halogens is 1. The Hall–Kier alpha value is -2.18. The lowest BCUT2D eigenvalue weighted by Gasteiger charge is -2.22. The fraction of sp³-hybridized carbons (Fsp3) is 0.222. The van der Waals surface area contributed by atoms with E-state index in [1.807, 2.05) is 6.92 Å². The first-order valence-corrected chi connectivity index (χ1v) is 8.39. The highest BCUT2D eigenvalue weighted by Gasteiger charge is 2.50. The second kappa shape index (κ2) is 6.03. The highest BCUT2D eigenvalue weighted by Crippen LogP contribution is 2.44. The van der Waals surface area contributed by atoms with E-state index in [2.05, 4.69) is 15.9 Å². The maximum Gasteiger partial charge on any atom is 0.264 e. The number of nitrogen functional groups attached to an aromatic ring is 1. The molecule has 0 saturated carbocycles. The maximum absolute atomic E-state index is 12.7. The molecular weight excluding hydrogens is 372 g/mol. The van der Waals surface area contributed by atoms with E-state index in [9.17, 15) is 14.7 Å². The minimum absolute atomic E-state index is 0.324. The number of anilines is 2. The van der Waals surface area contributed by atoms with Gasteiger partial charge in [-0.15, -0.1) is 0 Å². The number of carbonyl (C=O) groups excluding carboxylic acids is 2. The van der Waals surface area contributed by atoms with E-state index < -0.39 is 11.5 Å². The minimum atomic E-state index is -1.86. The number of Topliss-reactive ketones (excluding diaryl/α,β-unsaturated/α-hetero) is 1. The zero-order valence-electron chi connectivity index (χ0n) is 13.1. The number of hydrogen-bond acceptors (Lipinski definition) is 4. The lowest BCUT2D eigenvalue weighted by atomic mass is 9.88. The van der Waals surface area contributed by atoms with Crippen molar-refractivity contribution >= 4 is 39.0 Å². The molecule has 3 rings (SSSR count). The Morgan fingerprint density at radius 3 is 2.71 bits per heavy atom. The lowest BCUT2D eigenvalue weighted by molar-refractivity contribution is -0.135. The molecule has 0 unspecified atom stereocenters. The molecule has 1 amide bonds. The van der Waals surface area contributed by atoms with Crippen LogP contribution < -0.4 is 10.6 Å². The lowest BCUT2D eigenvalue weighted by Crippen LogP contribution is -2.41. The Morgan fingerprint density at radius 1 is 1.29 bits per heavy atom. The number of carbonyl (C=O) groups is 2. The van der Waals surface area contributed by atoms with Crippen molar-refractivity contribution in [3.8, 4) is 0 Å². The third-order valence-electron chi connectivity index (χ3n) is 4.24. The molecule has 5 nitrogen and oxygen atoms in total. The molecule has 1 heterocycles. The molecule has 0 fully saturated rings. The molecule has 0 bridgehead atoms. The van der Waals surface area contributed by atoms with E-state index in [-0.39, 0.29) is 12.2 Å². The van der Waals surface area contributed by atoms with Crippen molar-refractivity contribution < 1.29 is 14.7 Å². The normalized spacial score (nSPS) is 19.5. The van der Waals surface area contributed by atoms with Crippen LogP contribution in [0.1, 0.15) is 29.3 Å². The van der Waals surface area contributed by atoms with Crippen molar-refractivity contribution in [1.29, 1.82) is 0 Å². The van der Waals surface area contributed by atoms with E-state index in [0.717, 1.165) is 4.47 Å². The van der Waals surface area contributed by atoms with Gasteiger partial charge in [-0.1, -0.05) is 28.1 Å². The Kier molecular flexibility index (Phi) is 4.19. The van der Waals surface area contributed by atoms with E-state index >= 15 is 0 Å². The first-order valence-electron chi connectivity index (χ1n) is 7.60. The Bertz CT molecular complexity index is 837. The zero-order valence-corrected chi connectivity index (χ0v) is 14.7. The number of rotatable bonds is 4. The monoisotopic (exact) mass is 388 g/mol. The van der Waals surface area contributed by atoms with Gasteiger partial charge in [0.25, 0.3) is 5.91 Å². The van der Waals surface area contributed by atoms with Gasteiger partial charge >= 0.3 is 0 Å². The molecule has 24 heavy (non-hydrogen) atoms. The SMILES string of the molecule is CCN1C(=O)[C@@](O)(CC(=O)c2cccc(N)c2)c2cc(Br)ccc21. The summed E-state index contributed by atoms with van der Waals surface area (Å²) in [6.07, 6.45) is -0.324. The fourth-order valence-corrected chi connectivity index (χ4v) is 3.42.